The number of aryl methyl sites for hydroxylation is 1. The first kappa shape index (κ1) is 14.7. The number of carbonyl (C=O) groups excluding carboxylic acids is 1. The molecule has 0 saturated heterocycles. The van der Waals surface area contributed by atoms with Gasteiger partial charge in [-0.25, -0.2) is 0 Å². The number of fused-ring (bicyclic) bond motifs is 1. The van der Waals surface area contributed by atoms with Crippen LogP contribution in [0.15, 0.2) is 48.5 Å². The van der Waals surface area contributed by atoms with Crippen molar-refractivity contribution in [2.45, 2.75) is 25.7 Å². The molecule has 0 bridgehead atoms. The topological polar surface area (TPSA) is 62.2 Å². The Hall–Kier alpha value is -2.88. The van der Waals surface area contributed by atoms with Gasteiger partial charge in [-0.3, -0.25) is 9.78 Å². The number of phenols is 1. The molecule has 4 heteroatoms. The van der Waals surface area contributed by atoms with E-state index < -0.39 is 0 Å². The highest BCUT2D eigenvalue weighted by Gasteiger charge is 2.27. The molecule has 4 rings (SSSR count). The number of nitrogens with zero attached hydrogens (tertiary/aromatic N) is 1. The van der Waals surface area contributed by atoms with Crippen LogP contribution in [0.4, 0.5) is 5.69 Å². The number of hydrogen-bond acceptors (Lipinski definition) is 3. The molecule has 2 aromatic carbocycles. The summed E-state index contributed by atoms with van der Waals surface area (Å²) in [5.41, 5.74) is 3.77. The number of carbonyl (C=O) groups is 1. The number of amides is 1. The van der Waals surface area contributed by atoms with Gasteiger partial charge in [0.1, 0.15) is 5.75 Å². The van der Waals surface area contributed by atoms with E-state index in [9.17, 15) is 9.90 Å². The van der Waals surface area contributed by atoms with E-state index >= 15 is 0 Å². The number of pyridine rings is 1. The maximum absolute atomic E-state index is 12.8. The number of phenolic OH excluding ortho intramolecular Hbond substituents is 1. The molecular formula is C20H18N2O2. The molecule has 0 aliphatic heterocycles. The van der Waals surface area contributed by atoms with Crippen LogP contribution in [0.3, 0.4) is 0 Å². The van der Waals surface area contributed by atoms with E-state index in [0.29, 0.717) is 17.2 Å². The Morgan fingerprint density at radius 1 is 1.17 bits per heavy atom. The van der Waals surface area contributed by atoms with Crippen molar-refractivity contribution in [1.29, 1.82) is 0 Å². The van der Waals surface area contributed by atoms with Gasteiger partial charge in [-0.15, -0.1) is 0 Å². The molecule has 1 aromatic heterocycles. The minimum Gasteiger partial charge on any atom is -0.506 e. The normalized spacial score (nSPS) is 13.9. The van der Waals surface area contributed by atoms with Crippen molar-refractivity contribution in [3.05, 3.63) is 65.4 Å². The van der Waals surface area contributed by atoms with Crippen LogP contribution in [-0.4, -0.2) is 16.0 Å². The summed E-state index contributed by atoms with van der Waals surface area (Å²) in [5, 5.41) is 13.7. The predicted molar refractivity (Wildman–Crippen MR) is 94.5 cm³/mol. The summed E-state index contributed by atoms with van der Waals surface area (Å²) >= 11 is 0. The van der Waals surface area contributed by atoms with E-state index in [0.717, 1.165) is 35.0 Å². The molecule has 1 heterocycles. The zero-order chi connectivity index (χ0) is 16.7. The van der Waals surface area contributed by atoms with Crippen LogP contribution in [0.5, 0.6) is 5.75 Å². The van der Waals surface area contributed by atoms with Crippen LogP contribution in [0.25, 0.3) is 10.9 Å². The van der Waals surface area contributed by atoms with E-state index in [1.165, 1.54) is 0 Å². The minimum absolute atomic E-state index is 0.0733. The maximum atomic E-state index is 12.8. The Morgan fingerprint density at radius 3 is 2.71 bits per heavy atom. The third-order valence-corrected chi connectivity index (χ3v) is 4.38. The van der Waals surface area contributed by atoms with Crippen molar-refractivity contribution < 1.29 is 9.90 Å². The highest BCUT2D eigenvalue weighted by molar-refractivity contribution is 6.12. The van der Waals surface area contributed by atoms with Crippen LogP contribution >= 0.6 is 0 Å². The molecule has 0 spiro atoms. The Balaban J connectivity index is 1.75. The predicted octanol–water partition coefficient (Wildman–Crippen LogP) is 4.38. The van der Waals surface area contributed by atoms with E-state index in [-0.39, 0.29) is 11.7 Å². The number of rotatable bonds is 3. The first-order valence-corrected chi connectivity index (χ1v) is 8.12. The van der Waals surface area contributed by atoms with E-state index in [4.69, 9.17) is 0 Å². The molecule has 4 nitrogen and oxygen atoms in total. The fourth-order valence-electron chi connectivity index (χ4n) is 2.91. The highest BCUT2D eigenvalue weighted by Crippen LogP contribution is 2.40. The Bertz CT molecular complexity index is 946. The molecule has 1 aliphatic carbocycles. The second-order valence-electron chi connectivity index (χ2n) is 6.36. The molecule has 24 heavy (non-hydrogen) atoms. The van der Waals surface area contributed by atoms with Crippen LogP contribution in [0, 0.1) is 6.92 Å². The van der Waals surface area contributed by atoms with Gasteiger partial charge in [0.05, 0.1) is 16.8 Å². The molecule has 3 aromatic rings. The molecule has 1 amide bonds. The number of aromatic hydroxyl groups is 1. The molecule has 120 valence electrons. The van der Waals surface area contributed by atoms with Crippen LogP contribution in [0.1, 0.15) is 40.4 Å². The van der Waals surface area contributed by atoms with Crippen molar-refractivity contribution >= 4 is 22.5 Å². The third kappa shape index (κ3) is 2.71. The number of aromatic nitrogens is 1. The zero-order valence-electron chi connectivity index (χ0n) is 13.4. The van der Waals surface area contributed by atoms with Crippen molar-refractivity contribution in [2.75, 3.05) is 5.32 Å². The standard InChI is InChI=1S/C20H18N2O2/c1-12-6-9-17(19(23)10-12)22-20(24)15-11-18(13-7-8-13)21-16-5-3-2-4-14(15)16/h2-6,9-11,13,23H,7-8H2,1H3,(H,22,24). The average Bonchev–Trinajstić information content (AvgIpc) is 3.41. The van der Waals surface area contributed by atoms with Gasteiger partial charge in [-0.05, 0) is 49.6 Å². The van der Waals surface area contributed by atoms with Crippen LogP contribution in [-0.2, 0) is 0 Å². The van der Waals surface area contributed by atoms with Gasteiger partial charge >= 0.3 is 0 Å². The van der Waals surface area contributed by atoms with Crippen LogP contribution in [0.2, 0.25) is 0 Å². The summed E-state index contributed by atoms with van der Waals surface area (Å²) in [6, 6.07) is 14.8. The quantitative estimate of drug-likeness (QED) is 0.705. The summed E-state index contributed by atoms with van der Waals surface area (Å²) in [6.45, 7) is 1.89. The smallest absolute Gasteiger partial charge is 0.256 e. The van der Waals surface area contributed by atoms with E-state index in [1.807, 2.05) is 43.3 Å². The van der Waals surface area contributed by atoms with Gasteiger partial charge in [0.2, 0.25) is 0 Å². The molecule has 0 radical (unpaired) electrons. The number of nitrogens with one attached hydrogen (secondary N) is 1. The average molecular weight is 318 g/mol. The molecule has 2 N–H and O–H groups in total. The van der Waals surface area contributed by atoms with E-state index in [2.05, 4.69) is 10.3 Å². The largest absolute Gasteiger partial charge is 0.506 e. The SMILES string of the molecule is Cc1ccc(NC(=O)c2cc(C3CC3)nc3ccccc23)c(O)c1. The summed E-state index contributed by atoms with van der Waals surface area (Å²) in [5.74, 6) is 0.313. The first-order chi connectivity index (χ1) is 11.6. The molecular weight excluding hydrogens is 300 g/mol. The van der Waals surface area contributed by atoms with Crippen molar-refractivity contribution in [3.63, 3.8) is 0 Å². The lowest BCUT2D eigenvalue weighted by molar-refractivity contribution is 0.102. The molecule has 1 fully saturated rings. The van der Waals surface area contributed by atoms with E-state index in [1.54, 1.807) is 12.1 Å². The Morgan fingerprint density at radius 2 is 1.96 bits per heavy atom. The van der Waals surface area contributed by atoms with Gasteiger partial charge in [-0.2, -0.15) is 0 Å². The lowest BCUT2D eigenvalue weighted by atomic mass is 10.0. The summed E-state index contributed by atoms with van der Waals surface area (Å²) in [7, 11) is 0. The highest BCUT2D eigenvalue weighted by atomic mass is 16.3. The van der Waals surface area contributed by atoms with Crippen molar-refractivity contribution in [3.8, 4) is 5.75 Å². The second kappa shape index (κ2) is 5.64. The summed E-state index contributed by atoms with van der Waals surface area (Å²) < 4.78 is 0. The number of benzene rings is 2. The number of para-hydroxylation sites is 1. The molecule has 0 atom stereocenters. The van der Waals surface area contributed by atoms with Gasteiger partial charge in [0, 0.05) is 17.0 Å². The zero-order valence-corrected chi connectivity index (χ0v) is 13.4. The molecule has 1 saturated carbocycles. The lowest BCUT2D eigenvalue weighted by Gasteiger charge is -2.11. The third-order valence-electron chi connectivity index (χ3n) is 4.38. The molecule has 1 aliphatic rings. The number of anilines is 1. The maximum Gasteiger partial charge on any atom is 0.256 e. The lowest BCUT2D eigenvalue weighted by Crippen LogP contribution is -2.13. The number of hydrogen-bond donors (Lipinski definition) is 2. The van der Waals surface area contributed by atoms with Gasteiger partial charge in [-0.1, -0.05) is 24.3 Å². The Kier molecular flexibility index (Phi) is 3.45. The van der Waals surface area contributed by atoms with Crippen molar-refractivity contribution in [1.82, 2.24) is 4.98 Å². The van der Waals surface area contributed by atoms with Gasteiger partial charge in [0.15, 0.2) is 0 Å². The summed E-state index contributed by atoms with van der Waals surface area (Å²) in [4.78, 5) is 17.5. The van der Waals surface area contributed by atoms with Gasteiger partial charge in [0.25, 0.3) is 5.91 Å². The Labute approximate surface area is 140 Å². The van der Waals surface area contributed by atoms with Crippen molar-refractivity contribution in [2.24, 2.45) is 0 Å². The van der Waals surface area contributed by atoms with Crippen LogP contribution < -0.4 is 5.32 Å². The van der Waals surface area contributed by atoms with Gasteiger partial charge < -0.3 is 10.4 Å². The fraction of sp³-hybridized carbons (Fsp3) is 0.200. The second-order valence-corrected chi connectivity index (χ2v) is 6.36. The minimum atomic E-state index is -0.227. The fourth-order valence-corrected chi connectivity index (χ4v) is 2.91. The first-order valence-electron chi connectivity index (χ1n) is 8.12. The summed E-state index contributed by atoms with van der Waals surface area (Å²) in [6.07, 6.45) is 2.26. The monoisotopic (exact) mass is 318 g/mol. The molecule has 0 unspecified atom stereocenters.